The minimum absolute atomic E-state index is 0.163. The van der Waals surface area contributed by atoms with Crippen LogP contribution in [0.2, 0.25) is 0 Å². The number of ether oxygens (including phenoxy) is 1. The van der Waals surface area contributed by atoms with Crippen LogP contribution in [0.25, 0.3) is 0 Å². The molecule has 4 heteroatoms. The molecule has 0 aromatic heterocycles. The van der Waals surface area contributed by atoms with E-state index in [1.165, 1.54) is 12.8 Å². The van der Waals surface area contributed by atoms with E-state index < -0.39 is 0 Å². The number of amidine groups is 1. The van der Waals surface area contributed by atoms with Gasteiger partial charge in [-0.05, 0) is 38.8 Å². The van der Waals surface area contributed by atoms with Gasteiger partial charge < -0.3 is 15.4 Å². The second-order valence-corrected chi connectivity index (χ2v) is 5.93. The molecule has 0 spiro atoms. The highest BCUT2D eigenvalue weighted by molar-refractivity contribution is 5.82. The van der Waals surface area contributed by atoms with E-state index >= 15 is 0 Å². The number of rotatable bonds is 8. The Morgan fingerprint density at radius 3 is 2.72 bits per heavy atom. The average Bonchev–Trinajstić information content (AvgIpc) is 2.80. The SMILES string of the molecule is CCN(CCCC(C)(C)C(=N)N)CC1CCCO1. The van der Waals surface area contributed by atoms with Crippen molar-refractivity contribution >= 4 is 5.84 Å². The van der Waals surface area contributed by atoms with E-state index in [9.17, 15) is 0 Å². The Morgan fingerprint density at radius 2 is 2.22 bits per heavy atom. The molecule has 1 fully saturated rings. The standard InChI is InChI=1S/C14H29N3O/c1-4-17(11-12-7-5-10-18-12)9-6-8-14(2,3)13(15)16/h12H,4-11H2,1-3H3,(H3,15,16). The normalized spacial score (nSPS) is 20.6. The number of nitrogens with one attached hydrogen (secondary N) is 1. The molecule has 1 saturated heterocycles. The maximum absolute atomic E-state index is 7.55. The molecule has 1 heterocycles. The molecule has 0 radical (unpaired) electrons. The van der Waals surface area contributed by atoms with Crippen molar-refractivity contribution in [3.05, 3.63) is 0 Å². The van der Waals surface area contributed by atoms with E-state index in [1.54, 1.807) is 0 Å². The zero-order valence-corrected chi connectivity index (χ0v) is 12.2. The van der Waals surface area contributed by atoms with Gasteiger partial charge in [0.1, 0.15) is 0 Å². The summed E-state index contributed by atoms with van der Waals surface area (Å²) in [6, 6.07) is 0. The molecule has 1 unspecified atom stereocenters. The van der Waals surface area contributed by atoms with Crippen LogP contribution in [0.4, 0.5) is 0 Å². The Balaban J connectivity index is 2.24. The van der Waals surface area contributed by atoms with Crippen molar-refractivity contribution in [2.75, 3.05) is 26.2 Å². The third-order valence-electron chi connectivity index (χ3n) is 3.94. The Labute approximate surface area is 111 Å². The summed E-state index contributed by atoms with van der Waals surface area (Å²) in [5, 5.41) is 7.55. The van der Waals surface area contributed by atoms with Crippen molar-refractivity contribution in [2.45, 2.75) is 52.6 Å². The first-order valence-electron chi connectivity index (χ1n) is 7.14. The van der Waals surface area contributed by atoms with E-state index in [4.69, 9.17) is 15.9 Å². The largest absolute Gasteiger partial charge is 0.387 e. The lowest BCUT2D eigenvalue weighted by Gasteiger charge is -2.27. The lowest BCUT2D eigenvalue weighted by Crippen LogP contribution is -2.35. The predicted molar refractivity (Wildman–Crippen MR) is 76.0 cm³/mol. The molecule has 1 atom stereocenters. The monoisotopic (exact) mass is 255 g/mol. The zero-order chi connectivity index (χ0) is 13.6. The van der Waals surface area contributed by atoms with Gasteiger partial charge in [-0.1, -0.05) is 20.8 Å². The summed E-state index contributed by atoms with van der Waals surface area (Å²) in [5.41, 5.74) is 5.44. The minimum atomic E-state index is -0.163. The lowest BCUT2D eigenvalue weighted by atomic mass is 9.86. The minimum Gasteiger partial charge on any atom is -0.387 e. The summed E-state index contributed by atoms with van der Waals surface area (Å²) >= 11 is 0. The molecule has 0 aliphatic carbocycles. The Hall–Kier alpha value is -0.610. The van der Waals surface area contributed by atoms with Crippen molar-refractivity contribution in [1.29, 1.82) is 5.41 Å². The summed E-state index contributed by atoms with van der Waals surface area (Å²) in [6.45, 7) is 10.4. The van der Waals surface area contributed by atoms with Gasteiger partial charge in [-0.2, -0.15) is 0 Å². The second kappa shape index (κ2) is 7.10. The number of likely N-dealkylation sites (N-methyl/N-ethyl adjacent to an activating group) is 1. The van der Waals surface area contributed by atoms with Gasteiger partial charge in [-0.25, -0.2) is 0 Å². The van der Waals surface area contributed by atoms with E-state index in [0.717, 1.165) is 39.1 Å². The molecule has 4 nitrogen and oxygen atoms in total. The Kier molecular flexibility index (Phi) is 6.09. The van der Waals surface area contributed by atoms with Crippen molar-refractivity contribution in [3.8, 4) is 0 Å². The van der Waals surface area contributed by atoms with Crippen molar-refractivity contribution < 1.29 is 4.74 Å². The fourth-order valence-corrected chi connectivity index (χ4v) is 2.33. The molecular weight excluding hydrogens is 226 g/mol. The van der Waals surface area contributed by atoms with Crippen molar-refractivity contribution in [2.24, 2.45) is 11.1 Å². The van der Waals surface area contributed by atoms with Gasteiger partial charge in [-0.15, -0.1) is 0 Å². The van der Waals surface area contributed by atoms with Crippen LogP contribution in [-0.4, -0.2) is 43.1 Å². The van der Waals surface area contributed by atoms with Gasteiger partial charge in [0.05, 0.1) is 11.9 Å². The smallest absolute Gasteiger partial charge is 0.0963 e. The molecule has 1 rings (SSSR count). The molecule has 0 aromatic carbocycles. The molecule has 3 N–H and O–H groups in total. The summed E-state index contributed by atoms with van der Waals surface area (Å²) in [5.74, 6) is 0.296. The van der Waals surface area contributed by atoms with Gasteiger partial charge in [0.25, 0.3) is 0 Å². The summed E-state index contributed by atoms with van der Waals surface area (Å²) in [7, 11) is 0. The molecular formula is C14H29N3O. The topological polar surface area (TPSA) is 62.3 Å². The average molecular weight is 255 g/mol. The summed E-state index contributed by atoms with van der Waals surface area (Å²) in [6.07, 6.45) is 4.91. The molecule has 1 aliphatic rings. The molecule has 0 aromatic rings. The third-order valence-corrected chi connectivity index (χ3v) is 3.94. The highest BCUT2D eigenvalue weighted by Gasteiger charge is 2.22. The molecule has 0 amide bonds. The van der Waals surface area contributed by atoms with Gasteiger partial charge in [0, 0.05) is 18.6 Å². The van der Waals surface area contributed by atoms with Crippen LogP contribution in [0.3, 0.4) is 0 Å². The van der Waals surface area contributed by atoms with Gasteiger partial charge in [0.2, 0.25) is 0 Å². The number of nitrogens with zero attached hydrogens (tertiary/aromatic N) is 1. The second-order valence-electron chi connectivity index (χ2n) is 5.93. The molecule has 106 valence electrons. The van der Waals surface area contributed by atoms with E-state index in [0.29, 0.717) is 11.9 Å². The van der Waals surface area contributed by atoms with Crippen molar-refractivity contribution in [1.82, 2.24) is 4.90 Å². The van der Waals surface area contributed by atoms with Crippen LogP contribution >= 0.6 is 0 Å². The lowest BCUT2D eigenvalue weighted by molar-refractivity contribution is 0.0737. The van der Waals surface area contributed by atoms with E-state index in [2.05, 4.69) is 11.8 Å². The fraction of sp³-hybridized carbons (Fsp3) is 0.929. The fourth-order valence-electron chi connectivity index (χ4n) is 2.33. The molecule has 18 heavy (non-hydrogen) atoms. The zero-order valence-electron chi connectivity index (χ0n) is 12.2. The quantitative estimate of drug-likeness (QED) is 0.516. The first kappa shape index (κ1) is 15.4. The summed E-state index contributed by atoms with van der Waals surface area (Å²) < 4.78 is 5.67. The highest BCUT2D eigenvalue weighted by atomic mass is 16.5. The highest BCUT2D eigenvalue weighted by Crippen LogP contribution is 2.22. The van der Waals surface area contributed by atoms with Crippen LogP contribution < -0.4 is 5.73 Å². The number of hydrogen-bond acceptors (Lipinski definition) is 3. The van der Waals surface area contributed by atoms with E-state index in [1.807, 2.05) is 13.8 Å². The first-order valence-corrected chi connectivity index (χ1v) is 7.14. The third kappa shape index (κ3) is 4.94. The van der Waals surface area contributed by atoms with E-state index in [-0.39, 0.29) is 5.41 Å². The Bertz CT molecular complexity index is 260. The maximum Gasteiger partial charge on any atom is 0.0963 e. The number of nitrogens with two attached hydrogens (primary N) is 1. The molecule has 0 bridgehead atoms. The van der Waals surface area contributed by atoms with Gasteiger partial charge in [0.15, 0.2) is 0 Å². The number of hydrogen-bond donors (Lipinski definition) is 2. The van der Waals surface area contributed by atoms with Gasteiger partial charge in [-0.3, -0.25) is 5.41 Å². The van der Waals surface area contributed by atoms with Crippen LogP contribution in [0, 0.1) is 10.8 Å². The van der Waals surface area contributed by atoms with Crippen molar-refractivity contribution in [3.63, 3.8) is 0 Å². The predicted octanol–water partition coefficient (Wildman–Crippen LogP) is 2.23. The molecule has 1 aliphatic heterocycles. The van der Waals surface area contributed by atoms with Crippen LogP contribution in [0.5, 0.6) is 0 Å². The maximum atomic E-state index is 7.55. The van der Waals surface area contributed by atoms with Gasteiger partial charge >= 0.3 is 0 Å². The van der Waals surface area contributed by atoms with Crippen LogP contribution in [-0.2, 0) is 4.74 Å². The first-order chi connectivity index (χ1) is 8.45. The Morgan fingerprint density at radius 1 is 1.50 bits per heavy atom. The molecule has 0 saturated carbocycles. The van der Waals surface area contributed by atoms with Crippen LogP contribution in [0.1, 0.15) is 46.5 Å². The summed E-state index contributed by atoms with van der Waals surface area (Å²) in [4.78, 5) is 2.45. The van der Waals surface area contributed by atoms with Crippen LogP contribution in [0.15, 0.2) is 0 Å².